The average molecular weight is 278 g/mol. The van der Waals surface area contributed by atoms with Crippen LogP contribution in [0.15, 0.2) is 18.2 Å². The van der Waals surface area contributed by atoms with Gasteiger partial charge in [-0.15, -0.1) is 0 Å². The number of piperazine rings is 1. The first-order chi connectivity index (χ1) is 9.16. The molecule has 0 bridgehead atoms. The zero-order chi connectivity index (χ0) is 13.4. The van der Waals surface area contributed by atoms with Gasteiger partial charge in [-0.1, -0.05) is 11.6 Å². The van der Waals surface area contributed by atoms with Crippen molar-refractivity contribution >= 4 is 22.5 Å². The number of halogens is 1. The van der Waals surface area contributed by atoms with Crippen LogP contribution < -0.4 is 5.32 Å². The number of benzene rings is 1. The number of aryl methyl sites for hydroxylation is 1. The Morgan fingerprint density at radius 3 is 2.74 bits per heavy atom. The van der Waals surface area contributed by atoms with Crippen LogP contribution in [0.2, 0.25) is 5.02 Å². The summed E-state index contributed by atoms with van der Waals surface area (Å²) in [5, 5.41) is 5.47. The van der Waals surface area contributed by atoms with Crippen molar-refractivity contribution in [1.29, 1.82) is 0 Å². The van der Waals surface area contributed by atoms with Gasteiger partial charge in [0.05, 0.1) is 0 Å². The first-order valence-electron chi connectivity index (χ1n) is 6.89. The van der Waals surface area contributed by atoms with Gasteiger partial charge in [0.2, 0.25) is 0 Å². The summed E-state index contributed by atoms with van der Waals surface area (Å²) in [6.45, 7) is 8.81. The molecule has 102 valence electrons. The molecule has 2 aromatic rings. The van der Waals surface area contributed by atoms with Gasteiger partial charge in [-0.3, -0.25) is 4.90 Å². The largest absolute Gasteiger partial charge is 0.358 e. The van der Waals surface area contributed by atoms with E-state index in [0.717, 1.165) is 31.2 Å². The van der Waals surface area contributed by atoms with Crippen LogP contribution in [0, 0.1) is 6.92 Å². The summed E-state index contributed by atoms with van der Waals surface area (Å²) in [5.41, 5.74) is 3.82. The van der Waals surface area contributed by atoms with Crippen molar-refractivity contribution in [2.24, 2.45) is 0 Å². The van der Waals surface area contributed by atoms with E-state index in [2.05, 4.69) is 41.2 Å². The Balaban J connectivity index is 2.02. The molecule has 2 heterocycles. The second-order valence-corrected chi connectivity index (χ2v) is 5.75. The molecular weight excluding hydrogens is 258 g/mol. The minimum atomic E-state index is 0.425. The fourth-order valence-electron chi connectivity index (χ4n) is 3.11. The molecule has 1 unspecified atom stereocenters. The molecule has 3 rings (SSSR count). The van der Waals surface area contributed by atoms with E-state index >= 15 is 0 Å². The van der Waals surface area contributed by atoms with Crippen molar-refractivity contribution in [3.63, 3.8) is 0 Å². The van der Waals surface area contributed by atoms with Gasteiger partial charge in [-0.2, -0.15) is 0 Å². The summed E-state index contributed by atoms with van der Waals surface area (Å²) in [7, 11) is 0. The third kappa shape index (κ3) is 2.38. The second kappa shape index (κ2) is 5.16. The van der Waals surface area contributed by atoms with Crippen molar-refractivity contribution in [2.75, 3.05) is 26.2 Å². The third-order valence-corrected chi connectivity index (χ3v) is 4.35. The molecule has 3 nitrogen and oxygen atoms in total. The van der Waals surface area contributed by atoms with Gasteiger partial charge >= 0.3 is 0 Å². The Bertz CT molecular complexity index is 584. The molecule has 1 aliphatic heterocycles. The standard InChI is InChI=1S/C15H20ClN3/c1-10-15(11(2)19-7-5-17-6-8-19)13-9-12(16)3-4-14(13)18-10/h3-4,9,11,17-18H,5-8H2,1-2H3. The lowest BCUT2D eigenvalue weighted by atomic mass is 10.0. The van der Waals surface area contributed by atoms with Crippen molar-refractivity contribution in [3.8, 4) is 0 Å². The van der Waals surface area contributed by atoms with Crippen LogP contribution in [0.5, 0.6) is 0 Å². The maximum atomic E-state index is 6.15. The van der Waals surface area contributed by atoms with Gasteiger partial charge in [0.1, 0.15) is 0 Å². The third-order valence-electron chi connectivity index (χ3n) is 4.12. The Hall–Kier alpha value is -1.03. The summed E-state index contributed by atoms with van der Waals surface area (Å²) in [5.74, 6) is 0. The molecule has 2 N–H and O–H groups in total. The predicted molar refractivity (Wildman–Crippen MR) is 80.9 cm³/mol. The number of aromatic amines is 1. The van der Waals surface area contributed by atoms with Crippen LogP contribution in [-0.2, 0) is 0 Å². The number of nitrogens with one attached hydrogen (secondary N) is 2. The van der Waals surface area contributed by atoms with Gasteiger partial charge in [0.25, 0.3) is 0 Å². The highest BCUT2D eigenvalue weighted by Crippen LogP contribution is 2.32. The van der Waals surface area contributed by atoms with Crippen LogP contribution in [0.3, 0.4) is 0 Å². The van der Waals surface area contributed by atoms with E-state index in [0.29, 0.717) is 6.04 Å². The summed E-state index contributed by atoms with van der Waals surface area (Å²) < 4.78 is 0. The second-order valence-electron chi connectivity index (χ2n) is 5.32. The highest BCUT2D eigenvalue weighted by atomic mass is 35.5. The topological polar surface area (TPSA) is 31.1 Å². The lowest BCUT2D eigenvalue weighted by Crippen LogP contribution is -2.44. The van der Waals surface area contributed by atoms with Crippen LogP contribution in [-0.4, -0.2) is 36.1 Å². The molecule has 0 amide bonds. The monoisotopic (exact) mass is 277 g/mol. The smallest absolute Gasteiger partial charge is 0.0460 e. The highest BCUT2D eigenvalue weighted by Gasteiger charge is 2.22. The molecule has 0 saturated carbocycles. The Labute approximate surface area is 118 Å². The highest BCUT2D eigenvalue weighted by molar-refractivity contribution is 6.31. The fourth-order valence-corrected chi connectivity index (χ4v) is 3.28. The number of rotatable bonds is 2. The van der Waals surface area contributed by atoms with E-state index in [1.54, 1.807) is 0 Å². The average Bonchev–Trinajstić information content (AvgIpc) is 2.74. The van der Waals surface area contributed by atoms with Gasteiger partial charge in [0.15, 0.2) is 0 Å². The van der Waals surface area contributed by atoms with Crippen molar-refractivity contribution in [1.82, 2.24) is 15.2 Å². The van der Waals surface area contributed by atoms with Crippen molar-refractivity contribution < 1.29 is 0 Å². The number of nitrogens with zero attached hydrogens (tertiary/aromatic N) is 1. The van der Waals surface area contributed by atoms with E-state index < -0.39 is 0 Å². The Morgan fingerprint density at radius 1 is 1.26 bits per heavy atom. The van der Waals surface area contributed by atoms with Crippen molar-refractivity contribution in [2.45, 2.75) is 19.9 Å². The molecule has 1 aromatic heterocycles. The lowest BCUT2D eigenvalue weighted by molar-refractivity contribution is 0.186. The maximum Gasteiger partial charge on any atom is 0.0460 e. The van der Waals surface area contributed by atoms with Gasteiger partial charge < -0.3 is 10.3 Å². The zero-order valence-corrected chi connectivity index (χ0v) is 12.2. The molecule has 4 heteroatoms. The van der Waals surface area contributed by atoms with E-state index in [-0.39, 0.29) is 0 Å². The number of hydrogen-bond donors (Lipinski definition) is 2. The van der Waals surface area contributed by atoms with Crippen LogP contribution in [0.1, 0.15) is 24.2 Å². The molecule has 1 fully saturated rings. The van der Waals surface area contributed by atoms with E-state index in [9.17, 15) is 0 Å². The summed E-state index contributed by atoms with van der Waals surface area (Å²) >= 11 is 6.15. The fraction of sp³-hybridized carbons (Fsp3) is 0.467. The van der Waals surface area contributed by atoms with E-state index in [1.165, 1.54) is 22.2 Å². The SMILES string of the molecule is Cc1[nH]c2ccc(Cl)cc2c1C(C)N1CCNCC1. The molecule has 19 heavy (non-hydrogen) atoms. The van der Waals surface area contributed by atoms with Crippen LogP contribution >= 0.6 is 11.6 Å². The molecule has 0 radical (unpaired) electrons. The van der Waals surface area contributed by atoms with Crippen LogP contribution in [0.25, 0.3) is 10.9 Å². The van der Waals surface area contributed by atoms with Gasteiger partial charge in [-0.25, -0.2) is 0 Å². The van der Waals surface area contributed by atoms with Gasteiger partial charge in [0, 0.05) is 53.8 Å². The minimum Gasteiger partial charge on any atom is -0.358 e. The van der Waals surface area contributed by atoms with Gasteiger partial charge in [-0.05, 0) is 37.6 Å². The van der Waals surface area contributed by atoms with Crippen LogP contribution in [0.4, 0.5) is 0 Å². The molecular formula is C15H20ClN3. The molecule has 0 aliphatic carbocycles. The van der Waals surface area contributed by atoms with E-state index in [1.807, 2.05) is 6.07 Å². The van der Waals surface area contributed by atoms with Crippen molar-refractivity contribution in [3.05, 3.63) is 34.5 Å². The molecule has 1 atom stereocenters. The molecule has 0 spiro atoms. The number of fused-ring (bicyclic) bond motifs is 1. The lowest BCUT2D eigenvalue weighted by Gasteiger charge is -2.33. The number of aromatic nitrogens is 1. The summed E-state index contributed by atoms with van der Waals surface area (Å²) in [4.78, 5) is 6.01. The maximum absolute atomic E-state index is 6.15. The van der Waals surface area contributed by atoms with E-state index in [4.69, 9.17) is 11.6 Å². The Kier molecular flexibility index (Phi) is 3.52. The predicted octanol–water partition coefficient (Wildman–Crippen LogP) is 3.10. The normalized spacial score (nSPS) is 18.9. The molecule has 1 saturated heterocycles. The first-order valence-corrected chi connectivity index (χ1v) is 7.27. The number of H-pyrrole nitrogens is 1. The molecule has 1 aliphatic rings. The summed E-state index contributed by atoms with van der Waals surface area (Å²) in [6.07, 6.45) is 0. The minimum absolute atomic E-state index is 0.425. The Morgan fingerprint density at radius 2 is 2.00 bits per heavy atom. The number of hydrogen-bond acceptors (Lipinski definition) is 2. The zero-order valence-electron chi connectivity index (χ0n) is 11.5. The quantitative estimate of drug-likeness (QED) is 0.884. The summed E-state index contributed by atoms with van der Waals surface area (Å²) in [6, 6.07) is 6.51. The molecule has 1 aromatic carbocycles. The first kappa shape index (κ1) is 13.0.